The second-order valence-electron chi connectivity index (χ2n) is 5.76. The normalized spacial score (nSPS) is 16.6. The van der Waals surface area contributed by atoms with Gasteiger partial charge in [-0.15, -0.1) is 11.3 Å². The predicted molar refractivity (Wildman–Crippen MR) is 83.9 cm³/mol. The highest BCUT2D eigenvalue weighted by atomic mass is 32.1. The van der Waals surface area contributed by atoms with E-state index in [1.165, 1.54) is 10.4 Å². The molecule has 0 aliphatic carbocycles. The summed E-state index contributed by atoms with van der Waals surface area (Å²) < 4.78 is 0. The Morgan fingerprint density at radius 3 is 2.62 bits per heavy atom. The summed E-state index contributed by atoms with van der Waals surface area (Å²) in [5.74, 6) is -1.00. The van der Waals surface area contributed by atoms with Gasteiger partial charge in [-0.3, -0.25) is 9.59 Å². The maximum Gasteiger partial charge on any atom is 0.306 e. The zero-order valence-electron chi connectivity index (χ0n) is 12.9. The summed E-state index contributed by atoms with van der Waals surface area (Å²) in [4.78, 5) is 27.3. The van der Waals surface area contributed by atoms with Crippen LogP contribution in [0.5, 0.6) is 0 Å². The smallest absolute Gasteiger partial charge is 0.306 e. The average Bonchev–Trinajstić information content (AvgIpc) is 2.80. The fourth-order valence-corrected chi connectivity index (χ4v) is 3.99. The molecule has 0 bridgehead atoms. The van der Waals surface area contributed by atoms with Gasteiger partial charge in [0.1, 0.15) is 0 Å². The second-order valence-corrected chi connectivity index (χ2v) is 6.90. The number of carbonyl (C=O) groups excluding carboxylic acids is 1. The minimum absolute atomic E-state index is 0.0610. The Balaban J connectivity index is 2.01. The van der Waals surface area contributed by atoms with Crippen molar-refractivity contribution in [3.63, 3.8) is 0 Å². The summed E-state index contributed by atoms with van der Waals surface area (Å²) in [5, 5.41) is 8.99. The number of hydrogen-bond acceptors (Lipinski definition) is 3. The van der Waals surface area contributed by atoms with Crippen LogP contribution in [0.25, 0.3) is 0 Å². The van der Waals surface area contributed by atoms with Gasteiger partial charge in [0.25, 0.3) is 5.91 Å². The Hall–Kier alpha value is -1.36. The van der Waals surface area contributed by atoms with Crippen LogP contribution in [0.3, 0.4) is 0 Å². The largest absolute Gasteiger partial charge is 0.481 e. The van der Waals surface area contributed by atoms with Crippen molar-refractivity contribution in [2.45, 2.75) is 40.0 Å². The average molecular weight is 309 g/mol. The fourth-order valence-electron chi connectivity index (χ4n) is 2.66. The molecule has 1 aromatic heterocycles. The van der Waals surface area contributed by atoms with Crippen molar-refractivity contribution in [1.82, 2.24) is 4.90 Å². The molecule has 0 spiro atoms. The van der Waals surface area contributed by atoms with Crippen molar-refractivity contribution >= 4 is 23.2 Å². The van der Waals surface area contributed by atoms with Crippen molar-refractivity contribution in [1.29, 1.82) is 0 Å². The summed E-state index contributed by atoms with van der Waals surface area (Å²) >= 11 is 1.60. The molecular formula is C16H23NO3S. The van der Waals surface area contributed by atoms with Crippen molar-refractivity contribution < 1.29 is 14.7 Å². The van der Waals surface area contributed by atoms with E-state index in [0.717, 1.165) is 24.1 Å². The zero-order chi connectivity index (χ0) is 15.6. The number of aryl methyl sites for hydroxylation is 2. The quantitative estimate of drug-likeness (QED) is 0.878. The number of carboxylic acids is 1. The zero-order valence-corrected chi connectivity index (χ0v) is 13.7. The van der Waals surface area contributed by atoms with Gasteiger partial charge in [0.05, 0.1) is 10.8 Å². The first kappa shape index (κ1) is 16.0. The lowest BCUT2D eigenvalue weighted by Crippen LogP contribution is -2.53. The van der Waals surface area contributed by atoms with Gasteiger partial charge < -0.3 is 10.0 Å². The van der Waals surface area contributed by atoms with Gasteiger partial charge in [-0.05, 0) is 24.5 Å². The van der Waals surface area contributed by atoms with Gasteiger partial charge >= 0.3 is 5.97 Å². The molecule has 1 saturated heterocycles. The number of rotatable bonds is 6. The lowest BCUT2D eigenvalue weighted by molar-refractivity contribution is -0.144. The number of aliphatic carboxylic acids is 1. The highest BCUT2D eigenvalue weighted by Crippen LogP contribution is 2.30. The van der Waals surface area contributed by atoms with Crippen LogP contribution < -0.4 is 0 Å². The van der Waals surface area contributed by atoms with E-state index >= 15 is 0 Å². The van der Waals surface area contributed by atoms with E-state index in [2.05, 4.69) is 13.8 Å². The number of carboxylic acid groups (broad SMARTS) is 1. The topological polar surface area (TPSA) is 57.6 Å². The Morgan fingerprint density at radius 2 is 2.10 bits per heavy atom. The third-order valence-electron chi connectivity index (χ3n) is 4.26. The third kappa shape index (κ3) is 3.28. The summed E-state index contributed by atoms with van der Waals surface area (Å²) in [6, 6.07) is 2.02. The van der Waals surface area contributed by atoms with E-state index in [1.54, 1.807) is 23.2 Å². The summed E-state index contributed by atoms with van der Waals surface area (Å²) in [7, 11) is 0. The van der Waals surface area contributed by atoms with E-state index in [1.807, 2.05) is 6.07 Å². The Morgan fingerprint density at radius 1 is 1.43 bits per heavy atom. The lowest BCUT2D eigenvalue weighted by atomic mass is 9.87. The minimum Gasteiger partial charge on any atom is -0.481 e. The molecule has 4 nitrogen and oxygen atoms in total. The van der Waals surface area contributed by atoms with Crippen molar-refractivity contribution in [2.24, 2.45) is 11.8 Å². The molecule has 2 rings (SSSR count). The van der Waals surface area contributed by atoms with Crippen LogP contribution in [-0.2, 0) is 17.6 Å². The molecule has 0 radical (unpaired) electrons. The molecule has 116 valence electrons. The number of thiophene rings is 1. The molecule has 1 atom stereocenters. The molecule has 0 aromatic carbocycles. The SMILES string of the molecule is CCCc1sc(C(=O)N2CC(C(C)C(=O)O)C2)cc1CC. The summed E-state index contributed by atoms with van der Waals surface area (Å²) in [6.45, 7) is 7.11. The molecule has 5 heteroatoms. The number of amides is 1. The molecule has 1 aliphatic heterocycles. The predicted octanol–water partition coefficient (Wildman–Crippen LogP) is 3.06. The first-order valence-electron chi connectivity index (χ1n) is 7.61. The highest BCUT2D eigenvalue weighted by Gasteiger charge is 2.37. The van der Waals surface area contributed by atoms with Crippen molar-refractivity contribution in [2.75, 3.05) is 13.1 Å². The third-order valence-corrected chi connectivity index (χ3v) is 5.48. The van der Waals surface area contributed by atoms with Gasteiger partial charge in [-0.1, -0.05) is 27.2 Å². The number of likely N-dealkylation sites (tertiary alicyclic amines) is 1. The maximum atomic E-state index is 12.4. The Labute approximate surface area is 129 Å². The Bertz CT molecular complexity index is 532. The van der Waals surface area contributed by atoms with Gasteiger partial charge in [0.2, 0.25) is 0 Å². The van der Waals surface area contributed by atoms with E-state index in [4.69, 9.17) is 5.11 Å². The van der Waals surface area contributed by atoms with Crippen LogP contribution in [0.4, 0.5) is 0 Å². The molecular weight excluding hydrogens is 286 g/mol. The number of hydrogen-bond donors (Lipinski definition) is 1. The van der Waals surface area contributed by atoms with E-state index in [-0.39, 0.29) is 17.7 Å². The van der Waals surface area contributed by atoms with Gasteiger partial charge in [-0.2, -0.15) is 0 Å². The molecule has 1 amide bonds. The molecule has 1 aromatic rings. The van der Waals surface area contributed by atoms with Gasteiger partial charge in [0, 0.05) is 23.9 Å². The molecule has 1 unspecified atom stereocenters. The van der Waals surface area contributed by atoms with E-state index in [0.29, 0.717) is 13.1 Å². The minimum atomic E-state index is -0.776. The summed E-state index contributed by atoms with van der Waals surface area (Å²) in [5.41, 5.74) is 1.28. The standard InChI is InChI=1S/C16H23NO3S/c1-4-6-13-11(5-2)7-14(21-13)15(18)17-8-12(9-17)10(3)16(19)20/h7,10,12H,4-6,8-9H2,1-3H3,(H,19,20). The molecule has 21 heavy (non-hydrogen) atoms. The summed E-state index contributed by atoms with van der Waals surface area (Å²) in [6.07, 6.45) is 3.07. The van der Waals surface area contributed by atoms with Crippen LogP contribution in [0.1, 0.15) is 47.3 Å². The number of carbonyl (C=O) groups is 2. The second kappa shape index (κ2) is 6.60. The number of nitrogens with zero attached hydrogens (tertiary/aromatic N) is 1. The highest BCUT2D eigenvalue weighted by molar-refractivity contribution is 7.14. The van der Waals surface area contributed by atoms with Gasteiger partial charge in [-0.25, -0.2) is 0 Å². The van der Waals surface area contributed by atoms with Crippen LogP contribution >= 0.6 is 11.3 Å². The van der Waals surface area contributed by atoms with Gasteiger partial charge in [0.15, 0.2) is 0 Å². The lowest BCUT2D eigenvalue weighted by Gasteiger charge is -2.41. The molecule has 1 N–H and O–H groups in total. The van der Waals surface area contributed by atoms with Crippen LogP contribution in [0.2, 0.25) is 0 Å². The Kier molecular flexibility index (Phi) is 5.04. The first-order valence-corrected chi connectivity index (χ1v) is 8.43. The van der Waals surface area contributed by atoms with Crippen LogP contribution in [0.15, 0.2) is 6.07 Å². The fraction of sp³-hybridized carbons (Fsp3) is 0.625. The molecule has 1 aliphatic rings. The maximum absolute atomic E-state index is 12.4. The van der Waals surface area contributed by atoms with Crippen molar-refractivity contribution in [3.8, 4) is 0 Å². The molecule has 2 heterocycles. The molecule has 0 saturated carbocycles. The first-order chi connectivity index (χ1) is 9.97. The van der Waals surface area contributed by atoms with Crippen LogP contribution in [0, 0.1) is 11.8 Å². The molecule has 1 fully saturated rings. The monoisotopic (exact) mass is 309 g/mol. The van der Waals surface area contributed by atoms with Crippen molar-refractivity contribution in [3.05, 3.63) is 21.4 Å². The van der Waals surface area contributed by atoms with E-state index in [9.17, 15) is 9.59 Å². The van der Waals surface area contributed by atoms with Crippen LogP contribution in [-0.4, -0.2) is 35.0 Å². The van der Waals surface area contributed by atoms with E-state index < -0.39 is 5.97 Å².